The molecule has 5 heteroatoms. The molecule has 0 fully saturated rings. The largest absolute Gasteiger partial charge is 0.374 e. The second-order valence-corrected chi connectivity index (χ2v) is 5.92. The summed E-state index contributed by atoms with van der Waals surface area (Å²) in [4.78, 5) is 12.2. The quantitative estimate of drug-likeness (QED) is 0.852. The fourth-order valence-electron chi connectivity index (χ4n) is 2.23. The second-order valence-electron chi connectivity index (χ2n) is 5.92. The molecule has 128 valence electrons. The van der Waals surface area contributed by atoms with Crippen LogP contribution in [0.2, 0.25) is 0 Å². The fraction of sp³-hybridized carbons (Fsp3) is 0.316. The normalized spacial score (nSPS) is 12.2. The Hall–Kier alpha value is -2.27. The van der Waals surface area contributed by atoms with E-state index in [4.69, 9.17) is 4.74 Å². The third-order valence-corrected chi connectivity index (χ3v) is 3.58. The maximum atomic E-state index is 13.8. The zero-order chi connectivity index (χ0) is 17.7. The molecular weight excluding hydrogens is 312 g/mol. The van der Waals surface area contributed by atoms with Crippen LogP contribution in [0.4, 0.5) is 8.78 Å². The van der Waals surface area contributed by atoms with Crippen molar-refractivity contribution in [1.29, 1.82) is 0 Å². The van der Waals surface area contributed by atoms with Gasteiger partial charge in [-0.1, -0.05) is 18.2 Å². The van der Waals surface area contributed by atoms with E-state index in [1.165, 1.54) is 12.1 Å². The minimum absolute atomic E-state index is 0.138. The molecule has 0 unspecified atom stereocenters. The van der Waals surface area contributed by atoms with E-state index in [0.717, 1.165) is 11.6 Å². The molecule has 0 spiro atoms. The molecule has 0 aliphatic rings. The van der Waals surface area contributed by atoms with E-state index >= 15 is 0 Å². The summed E-state index contributed by atoms with van der Waals surface area (Å²) in [7, 11) is 0. The number of benzene rings is 2. The van der Waals surface area contributed by atoms with Gasteiger partial charge < -0.3 is 10.1 Å². The number of rotatable bonds is 6. The number of nitrogens with one attached hydrogen (secondary N) is 1. The number of hydrogen-bond acceptors (Lipinski definition) is 2. The summed E-state index contributed by atoms with van der Waals surface area (Å²) in [6, 6.07) is 9.78. The number of amides is 1. The molecule has 1 atom stereocenters. The van der Waals surface area contributed by atoms with Crippen molar-refractivity contribution < 1.29 is 18.3 Å². The van der Waals surface area contributed by atoms with Crippen molar-refractivity contribution in [2.45, 2.75) is 39.5 Å². The molecule has 3 nitrogen and oxygen atoms in total. The lowest BCUT2D eigenvalue weighted by Gasteiger charge is -2.15. The summed E-state index contributed by atoms with van der Waals surface area (Å²) in [5.41, 5.74) is 1.68. The first-order valence-corrected chi connectivity index (χ1v) is 7.83. The zero-order valence-corrected chi connectivity index (χ0v) is 14.0. The van der Waals surface area contributed by atoms with Gasteiger partial charge in [0.1, 0.15) is 11.6 Å². The lowest BCUT2D eigenvalue weighted by atomic mass is 10.1. The molecule has 2 rings (SSSR count). The molecule has 2 aromatic rings. The van der Waals surface area contributed by atoms with Crippen molar-refractivity contribution >= 4 is 5.91 Å². The minimum atomic E-state index is -0.677. The molecule has 0 aliphatic carbocycles. The highest BCUT2D eigenvalue weighted by molar-refractivity contribution is 5.94. The van der Waals surface area contributed by atoms with Gasteiger partial charge in [-0.15, -0.1) is 0 Å². The number of carbonyl (C=O) groups excluding carboxylic acids is 1. The molecule has 1 amide bonds. The summed E-state index contributed by atoms with van der Waals surface area (Å²) < 4.78 is 32.2. The van der Waals surface area contributed by atoms with Gasteiger partial charge >= 0.3 is 0 Å². The average molecular weight is 333 g/mol. The van der Waals surface area contributed by atoms with E-state index in [-0.39, 0.29) is 17.6 Å². The summed E-state index contributed by atoms with van der Waals surface area (Å²) in [5, 5.41) is 2.71. The average Bonchev–Trinajstić information content (AvgIpc) is 2.53. The van der Waals surface area contributed by atoms with Gasteiger partial charge in [0.2, 0.25) is 0 Å². The van der Waals surface area contributed by atoms with Gasteiger partial charge in [0.05, 0.1) is 18.8 Å². The number of ether oxygens (including phenoxy) is 1. The Balaban J connectivity index is 2.01. The van der Waals surface area contributed by atoms with E-state index in [9.17, 15) is 13.6 Å². The molecule has 0 aromatic heterocycles. The van der Waals surface area contributed by atoms with E-state index in [2.05, 4.69) is 5.32 Å². The van der Waals surface area contributed by atoms with Crippen LogP contribution in [0, 0.1) is 11.6 Å². The van der Waals surface area contributed by atoms with Crippen LogP contribution in [-0.4, -0.2) is 12.0 Å². The van der Waals surface area contributed by atoms with Crippen molar-refractivity contribution in [2.24, 2.45) is 0 Å². The van der Waals surface area contributed by atoms with Gasteiger partial charge in [-0.3, -0.25) is 4.79 Å². The van der Waals surface area contributed by atoms with Crippen LogP contribution in [0.25, 0.3) is 0 Å². The third-order valence-electron chi connectivity index (χ3n) is 3.58. The highest BCUT2D eigenvalue weighted by Gasteiger charge is 2.15. The molecule has 0 heterocycles. The highest BCUT2D eigenvalue weighted by Crippen LogP contribution is 2.18. The molecule has 0 saturated carbocycles. The first kappa shape index (κ1) is 18.1. The van der Waals surface area contributed by atoms with Gasteiger partial charge in [-0.05, 0) is 44.5 Å². The van der Waals surface area contributed by atoms with E-state index in [1.807, 2.05) is 26.0 Å². The Morgan fingerprint density at radius 2 is 1.75 bits per heavy atom. The summed E-state index contributed by atoms with van der Waals surface area (Å²) in [6.07, 6.45) is 0.138. The van der Waals surface area contributed by atoms with Gasteiger partial charge in [0.25, 0.3) is 5.91 Å². The number of halogens is 2. The SMILES string of the molecule is CC(C)OCc1ccc(C(=O)N[C@H](C)c2ccc(F)cc2F)cc1. The second kappa shape index (κ2) is 8.02. The zero-order valence-electron chi connectivity index (χ0n) is 14.0. The number of hydrogen-bond donors (Lipinski definition) is 1. The van der Waals surface area contributed by atoms with Crippen LogP contribution in [0.3, 0.4) is 0 Å². The van der Waals surface area contributed by atoms with E-state index in [0.29, 0.717) is 12.2 Å². The van der Waals surface area contributed by atoms with Gasteiger partial charge in [0, 0.05) is 17.2 Å². The standard InChI is InChI=1S/C19H21F2NO2/c1-12(2)24-11-14-4-6-15(7-5-14)19(23)22-13(3)17-9-8-16(20)10-18(17)21/h4-10,12-13H,11H2,1-3H3,(H,22,23)/t13-/m1/s1. The van der Waals surface area contributed by atoms with Gasteiger partial charge in [-0.2, -0.15) is 0 Å². The van der Waals surface area contributed by atoms with Crippen LogP contribution in [0.15, 0.2) is 42.5 Å². The lowest BCUT2D eigenvalue weighted by molar-refractivity contribution is 0.0656. The van der Waals surface area contributed by atoms with Crippen molar-refractivity contribution in [3.05, 3.63) is 70.8 Å². The molecule has 24 heavy (non-hydrogen) atoms. The molecule has 0 aliphatic heterocycles. The predicted molar refractivity (Wildman–Crippen MR) is 88.6 cm³/mol. The van der Waals surface area contributed by atoms with Crippen LogP contribution >= 0.6 is 0 Å². The Labute approximate surface area is 140 Å². The minimum Gasteiger partial charge on any atom is -0.374 e. The number of carbonyl (C=O) groups is 1. The third kappa shape index (κ3) is 4.86. The Morgan fingerprint density at radius 1 is 1.08 bits per heavy atom. The van der Waals surface area contributed by atoms with Crippen molar-refractivity contribution in [3.63, 3.8) is 0 Å². The van der Waals surface area contributed by atoms with E-state index in [1.54, 1.807) is 19.1 Å². The van der Waals surface area contributed by atoms with Crippen LogP contribution in [-0.2, 0) is 11.3 Å². The van der Waals surface area contributed by atoms with Gasteiger partial charge in [-0.25, -0.2) is 8.78 Å². The maximum absolute atomic E-state index is 13.8. The Kier molecular flexibility index (Phi) is 6.04. The summed E-state index contributed by atoms with van der Waals surface area (Å²) in [6.45, 7) is 6.05. The van der Waals surface area contributed by atoms with Crippen molar-refractivity contribution in [3.8, 4) is 0 Å². The predicted octanol–water partition coefficient (Wildman–Crippen LogP) is 4.38. The molecule has 0 bridgehead atoms. The van der Waals surface area contributed by atoms with Crippen molar-refractivity contribution in [2.75, 3.05) is 0 Å². The maximum Gasteiger partial charge on any atom is 0.251 e. The van der Waals surface area contributed by atoms with E-state index < -0.39 is 17.7 Å². The van der Waals surface area contributed by atoms with Crippen LogP contribution in [0.5, 0.6) is 0 Å². The first-order chi connectivity index (χ1) is 11.4. The summed E-state index contributed by atoms with van der Waals surface area (Å²) in [5.74, 6) is -1.64. The molecule has 1 N–H and O–H groups in total. The van der Waals surface area contributed by atoms with Gasteiger partial charge in [0.15, 0.2) is 0 Å². The fourth-order valence-corrected chi connectivity index (χ4v) is 2.23. The molecule has 0 saturated heterocycles. The first-order valence-electron chi connectivity index (χ1n) is 7.83. The van der Waals surface area contributed by atoms with Crippen molar-refractivity contribution in [1.82, 2.24) is 5.32 Å². The molecule has 2 aromatic carbocycles. The van der Waals surface area contributed by atoms with Crippen LogP contribution in [0.1, 0.15) is 48.3 Å². The Bertz CT molecular complexity index is 699. The lowest BCUT2D eigenvalue weighted by Crippen LogP contribution is -2.27. The van der Waals surface area contributed by atoms with Crippen LogP contribution < -0.4 is 5.32 Å². The molecular formula is C19H21F2NO2. The monoisotopic (exact) mass is 333 g/mol. The topological polar surface area (TPSA) is 38.3 Å². The smallest absolute Gasteiger partial charge is 0.251 e. The molecule has 0 radical (unpaired) electrons. The summed E-state index contributed by atoms with van der Waals surface area (Å²) >= 11 is 0. The Morgan fingerprint density at radius 3 is 2.33 bits per heavy atom. The highest BCUT2D eigenvalue weighted by atomic mass is 19.1.